The molecule has 1 saturated heterocycles. The largest absolute Gasteiger partial charge is 0.377 e. The molecule has 1 aromatic heterocycles. The second-order valence-corrected chi connectivity index (χ2v) is 13.1. The van der Waals surface area contributed by atoms with Crippen molar-refractivity contribution in [2.45, 2.75) is 61.3 Å². The molecule has 204 valence electrons. The van der Waals surface area contributed by atoms with Gasteiger partial charge in [0.1, 0.15) is 10.6 Å². The summed E-state index contributed by atoms with van der Waals surface area (Å²) in [4.78, 5) is 24.4. The van der Waals surface area contributed by atoms with Gasteiger partial charge in [0.15, 0.2) is 15.7 Å². The molecule has 2 aromatic carbocycles. The van der Waals surface area contributed by atoms with Gasteiger partial charge in [-0.05, 0) is 75.9 Å². The number of anilines is 2. The van der Waals surface area contributed by atoms with Crippen molar-refractivity contribution in [2.24, 2.45) is 0 Å². The van der Waals surface area contributed by atoms with Crippen LogP contribution in [0, 0.1) is 6.92 Å². The molecular weight excluding hydrogens is 514 g/mol. The summed E-state index contributed by atoms with van der Waals surface area (Å²) >= 11 is 0. The fourth-order valence-electron chi connectivity index (χ4n) is 5.01. The lowest BCUT2D eigenvalue weighted by Gasteiger charge is -2.34. The molecule has 39 heavy (non-hydrogen) atoms. The van der Waals surface area contributed by atoms with E-state index in [1.54, 1.807) is 12.1 Å². The van der Waals surface area contributed by atoms with Crippen LogP contribution in [0.2, 0.25) is 0 Å². The molecule has 9 nitrogen and oxygen atoms in total. The predicted octanol–water partition coefficient (Wildman–Crippen LogP) is 4.42. The molecule has 1 aliphatic heterocycles. The van der Waals surface area contributed by atoms with Gasteiger partial charge in [-0.25, -0.2) is 23.2 Å². The fraction of sp³-hybridized carbons (Fsp3) is 0.414. The van der Waals surface area contributed by atoms with Crippen molar-refractivity contribution >= 4 is 27.4 Å². The van der Waals surface area contributed by atoms with Crippen LogP contribution in [0.25, 0.3) is 11.4 Å². The zero-order valence-corrected chi connectivity index (χ0v) is 23.0. The minimum absolute atomic E-state index is 0.0924. The number of carbonyl (C=O) groups is 1. The standard InChI is InChI=1S/C29H33N5O4S/c1-19-3-11-24(12-4-19)39(36,37)29(13-14-29)25-17-26(34-15-16-38-18-20(34)2)33-27(32-25)21-5-7-22(8-6-21)30-28(35)31-23-9-10-23/h3-8,11-12,17,20,23H,9-10,13-16,18H2,1-2H3,(H2,30,31,35)/t20-/m0/s1. The number of amides is 2. The molecule has 3 fully saturated rings. The molecule has 2 saturated carbocycles. The molecule has 2 heterocycles. The number of carbonyl (C=O) groups excluding carboxylic acids is 1. The van der Waals surface area contributed by atoms with Crippen molar-refractivity contribution in [3.05, 3.63) is 65.9 Å². The lowest BCUT2D eigenvalue weighted by molar-refractivity contribution is 0.0985. The Morgan fingerprint density at radius 2 is 1.77 bits per heavy atom. The third kappa shape index (κ3) is 5.10. The molecule has 6 rings (SSSR count). The van der Waals surface area contributed by atoms with Crippen LogP contribution < -0.4 is 15.5 Å². The Hall–Kier alpha value is -3.50. The van der Waals surface area contributed by atoms with E-state index in [1.165, 1.54) is 0 Å². The van der Waals surface area contributed by atoms with Gasteiger partial charge in [0.05, 0.1) is 29.8 Å². The molecule has 3 aromatic rings. The van der Waals surface area contributed by atoms with E-state index < -0.39 is 14.6 Å². The Morgan fingerprint density at radius 1 is 1.05 bits per heavy atom. The summed E-state index contributed by atoms with van der Waals surface area (Å²) in [5.74, 6) is 1.16. The third-order valence-electron chi connectivity index (χ3n) is 7.70. The number of nitrogens with zero attached hydrogens (tertiary/aromatic N) is 3. The number of hydrogen-bond acceptors (Lipinski definition) is 7. The van der Waals surface area contributed by atoms with Crippen LogP contribution in [0.1, 0.15) is 43.9 Å². The van der Waals surface area contributed by atoms with Crippen LogP contribution in [0.5, 0.6) is 0 Å². The Balaban J connectivity index is 1.37. The molecule has 3 aliphatic rings. The first kappa shape index (κ1) is 25.8. The number of urea groups is 1. The summed E-state index contributed by atoms with van der Waals surface area (Å²) in [5, 5.41) is 5.77. The second kappa shape index (κ2) is 9.91. The minimum atomic E-state index is -3.67. The highest BCUT2D eigenvalue weighted by molar-refractivity contribution is 7.92. The topological polar surface area (TPSA) is 114 Å². The van der Waals surface area contributed by atoms with Crippen molar-refractivity contribution in [2.75, 3.05) is 30.0 Å². The maximum absolute atomic E-state index is 13.9. The average molecular weight is 548 g/mol. The molecule has 0 radical (unpaired) electrons. The van der Waals surface area contributed by atoms with Crippen molar-refractivity contribution < 1.29 is 17.9 Å². The number of sulfone groups is 1. The molecule has 2 N–H and O–H groups in total. The first-order valence-electron chi connectivity index (χ1n) is 13.5. The number of ether oxygens (including phenoxy) is 1. The Bertz CT molecular complexity index is 1480. The van der Waals surface area contributed by atoms with Crippen molar-refractivity contribution in [3.8, 4) is 11.4 Å². The Morgan fingerprint density at radius 3 is 2.41 bits per heavy atom. The number of nitrogens with one attached hydrogen (secondary N) is 2. The van der Waals surface area contributed by atoms with E-state index in [-0.39, 0.29) is 18.1 Å². The van der Waals surface area contributed by atoms with Gasteiger partial charge in [0.2, 0.25) is 0 Å². The summed E-state index contributed by atoms with van der Waals surface area (Å²) in [6.45, 7) is 5.83. The van der Waals surface area contributed by atoms with Crippen LogP contribution in [0.3, 0.4) is 0 Å². The summed E-state index contributed by atoms with van der Waals surface area (Å²) < 4.78 is 32.4. The molecule has 2 aliphatic carbocycles. The number of benzene rings is 2. The van der Waals surface area contributed by atoms with E-state index >= 15 is 0 Å². The number of morpholine rings is 1. The van der Waals surface area contributed by atoms with Crippen LogP contribution in [-0.4, -0.2) is 56.3 Å². The number of aryl methyl sites for hydroxylation is 1. The van der Waals surface area contributed by atoms with Gasteiger partial charge in [-0.3, -0.25) is 0 Å². The van der Waals surface area contributed by atoms with Crippen LogP contribution in [-0.2, 0) is 19.3 Å². The van der Waals surface area contributed by atoms with E-state index in [0.29, 0.717) is 60.5 Å². The van der Waals surface area contributed by atoms with Gasteiger partial charge in [-0.15, -0.1) is 0 Å². The van der Waals surface area contributed by atoms with E-state index in [1.807, 2.05) is 49.4 Å². The number of hydrogen-bond donors (Lipinski definition) is 2. The molecule has 0 bridgehead atoms. The monoisotopic (exact) mass is 547 g/mol. The maximum Gasteiger partial charge on any atom is 0.319 e. The van der Waals surface area contributed by atoms with Gasteiger partial charge in [-0.2, -0.15) is 0 Å². The Kier molecular flexibility index (Phi) is 6.55. The molecule has 0 unspecified atom stereocenters. The summed E-state index contributed by atoms with van der Waals surface area (Å²) in [7, 11) is -3.67. The lowest BCUT2D eigenvalue weighted by Crippen LogP contribution is -2.44. The minimum Gasteiger partial charge on any atom is -0.377 e. The zero-order valence-electron chi connectivity index (χ0n) is 22.2. The maximum atomic E-state index is 13.9. The third-order valence-corrected chi connectivity index (χ3v) is 10.2. The molecule has 2 amide bonds. The van der Waals surface area contributed by atoms with Gasteiger partial charge in [0, 0.05) is 29.9 Å². The lowest BCUT2D eigenvalue weighted by atomic mass is 10.1. The smallest absolute Gasteiger partial charge is 0.319 e. The Labute approximate surface area is 228 Å². The van der Waals surface area contributed by atoms with Crippen molar-refractivity contribution in [1.29, 1.82) is 0 Å². The van der Waals surface area contributed by atoms with Crippen LogP contribution in [0.4, 0.5) is 16.3 Å². The van der Waals surface area contributed by atoms with Crippen LogP contribution >= 0.6 is 0 Å². The average Bonchev–Trinajstić information content (AvgIpc) is 3.85. The van der Waals surface area contributed by atoms with Crippen LogP contribution in [0.15, 0.2) is 59.5 Å². The van der Waals surface area contributed by atoms with Gasteiger partial charge in [0.25, 0.3) is 0 Å². The first-order valence-corrected chi connectivity index (χ1v) is 15.0. The molecule has 10 heteroatoms. The quantitative estimate of drug-likeness (QED) is 0.450. The van der Waals surface area contributed by atoms with E-state index in [2.05, 4.69) is 22.5 Å². The van der Waals surface area contributed by atoms with Gasteiger partial charge >= 0.3 is 6.03 Å². The van der Waals surface area contributed by atoms with E-state index in [4.69, 9.17) is 14.7 Å². The molecular formula is C29H33N5O4S. The highest BCUT2D eigenvalue weighted by atomic mass is 32.2. The normalized spacial score (nSPS) is 20.4. The number of rotatable bonds is 7. The molecule has 0 spiro atoms. The summed E-state index contributed by atoms with van der Waals surface area (Å²) in [6, 6.07) is 16.3. The van der Waals surface area contributed by atoms with E-state index in [0.717, 1.165) is 24.0 Å². The van der Waals surface area contributed by atoms with Crippen molar-refractivity contribution in [3.63, 3.8) is 0 Å². The van der Waals surface area contributed by atoms with Crippen molar-refractivity contribution in [1.82, 2.24) is 15.3 Å². The fourth-order valence-corrected chi connectivity index (χ4v) is 6.98. The van der Waals surface area contributed by atoms with Gasteiger partial charge in [-0.1, -0.05) is 17.7 Å². The predicted molar refractivity (Wildman–Crippen MR) is 150 cm³/mol. The number of aromatic nitrogens is 2. The highest BCUT2D eigenvalue weighted by Crippen LogP contribution is 2.55. The highest BCUT2D eigenvalue weighted by Gasteiger charge is 2.58. The van der Waals surface area contributed by atoms with E-state index in [9.17, 15) is 13.2 Å². The second-order valence-electron chi connectivity index (χ2n) is 10.8. The summed E-state index contributed by atoms with van der Waals surface area (Å²) in [5.41, 5.74) is 2.94. The summed E-state index contributed by atoms with van der Waals surface area (Å²) in [6.07, 6.45) is 3.06. The molecule has 1 atom stereocenters. The first-order chi connectivity index (χ1) is 18.7. The van der Waals surface area contributed by atoms with Gasteiger partial charge < -0.3 is 20.3 Å². The zero-order chi connectivity index (χ0) is 27.2. The SMILES string of the molecule is Cc1ccc(S(=O)(=O)C2(c3cc(N4CCOC[C@@H]4C)nc(-c4ccc(NC(=O)NC5CC5)cc4)n3)CC2)cc1.